The van der Waals surface area contributed by atoms with Gasteiger partial charge in [0, 0.05) is 22.7 Å². The highest BCUT2D eigenvalue weighted by Gasteiger charge is 2.12. The summed E-state index contributed by atoms with van der Waals surface area (Å²) in [5.41, 5.74) is 3.65. The largest absolute Gasteiger partial charge is 0.466 e. The van der Waals surface area contributed by atoms with Crippen molar-refractivity contribution in [3.8, 4) is 5.69 Å². The number of thiazole rings is 1. The number of carbonyl (C=O) groups excluding carboxylic acids is 2. The van der Waals surface area contributed by atoms with Crippen molar-refractivity contribution >= 4 is 34.4 Å². The fraction of sp³-hybridized carbons (Fsp3) is 0.238. The van der Waals surface area contributed by atoms with E-state index in [-0.39, 0.29) is 24.1 Å². The molecule has 0 aliphatic rings. The minimum atomic E-state index is -0.357. The van der Waals surface area contributed by atoms with Gasteiger partial charge in [-0.25, -0.2) is 14.1 Å². The topological polar surface area (TPSA) is 86.1 Å². The predicted octanol–water partition coefficient (Wildman–Crippen LogP) is 3.84. The number of rotatable bonds is 7. The Labute approximate surface area is 177 Å². The molecule has 0 atom stereocenters. The van der Waals surface area contributed by atoms with Crippen molar-refractivity contribution in [3.05, 3.63) is 64.2 Å². The van der Waals surface area contributed by atoms with E-state index in [2.05, 4.69) is 15.4 Å². The molecule has 0 unspecified atom stereocenters. The molecule has 0 saturated carbocycles. The third-order valence-electron chi connectivity index (χ3n) is 4.23. The zero-order valence-electron chi connectivity index (χ0n) is 16.8. The lowest BCUT2D eigenvalue weighted by atomic mass is 10.2. The number of nitrogens with one attached hydrogen (secondary N) is 1. The van der Waals surface area contributed by atoms with Gasteiger partial charge in [-0.05, 0) is 51.1 Å². The summed E-state index contributed by atoms with van der Waals surface area (Å²) in [5.74, 6) is -1.02. The van der Waals surface area contributed by atoms with Crippen LogP contribution in [-0.2, 0) is 20.7 Å². The molecule has 0 bridgehead atoms. The van der Waals surface area contributed by atoms with E-state index in [0.29, 0.717) is 17.4 Å². The van der Waals surface area contributed by atoms with E-state index in [0.717, 1.165) is 22.6 Å². The number of ether oxygens (including phenoxy) is 1. The molecular formula is C21H21FN4O3S. The van der Waals surface area contributed by atoms with Gasteiger partial charge in [0.2, 0.25) is 5.91 Å². The van der Waals surface area contributed by atoms with Gasteiger partial charge in [0.25, 0.3) is 0 Å². The summed E-state index contributed by atoms with van der Waals surface area (Å²) >= 11 is 1.24. The first kappa shape index (κ1) is 21.4. The lowest BCUT2D eigenvalue weighted by molar-refractivity contribution is -0.142. The minimum Gasteiger partial charge on any atom is -0.466 e. The van der Waals surface area contributed by atoms with Crippen LogP contribution in [0.4, 0.5) is 9.52 Å². The summed E-state index contributed by atoms with van der Waals surface area (Å²) in [4.78, 5) is 28.0. The number of amides is 1. The molecular weight excluding hydrogens is 407 g/mol. The first-order chi connectivity index (χ1) is 14.4. The molecule has 0 aliphatic carbocycles. The smallest absolute Gasteiger partial charge is 0.311 e. The number of nitrogens with zero attached hydrogens (tertiary/aromatic N) is 3. The molecule has 2 heterocycles. The van der Waals surface area contributed by atoms with Gasteiger partial charge in [0.15, 0.2) is 5.13 Å². The van der Waals surface area contributed by atoms with Gasteiger partial charge < -0.3 is 4.74 Å². The van der Waals surface area contributed by atoms with Crippen LogP contribution in [0.5, 0.6) is 0 Å². The SMILES string of the molecule is CCOC(=O)Cc1csc(NC(=O)/C=C/c2c(C)nn(-c3ccc(F)cc3)c2C)n1. The van der Waals surface area contributed by atoms with Crippen molar-refractivity contribution in [2.24, 2.45) is 0 Å². The molecule has 156 valence electrons. The van der Waals surface area contributed by atoms with E-state index < -0.39 is 0 Å². The summed E-state index contributed by atoms with van der Waals surface area (Å²) in [5, 5.41) is 9.27. The molecule has 3 rings (SSSR count). The van der Waals surface area contributed by atoms with E-state index in [1.807, 2.05) is 13.8 Å². The zero-order valence-corrected chi connectivity index (χ0v) is 17.6. The summed E-state index contributed by atoms with van der Waals surface area (Å²) in [6, 6.07) is 6.04. The molecule has 0 fully saturated rings. The highest BCUT2D eigenvalue weighted by Crippen LogP contribution is 2.20. The van der Waals surface area contributed by atoms with E-state index in [9.17, 15) is 14.0 Å². The van der Waals surface area contributed by atoms with E-state index in [1.54, 1.807) is 35.2 Å². The average Bonchev–Trinajstić information content (AvgIpc) is 3.24. The summed E-state index contributed by atoms with van der Waals surface area (Å²) in [7, 11) is 0. The lowest BCUT2D eigenvalue weighted by Gasteiger charge is -2.04. The Hall–Kier alpha value is -3.33. The normalized spacial score (nSPS) is 11.1. The van der Waals surface area contributed by atoms with Crippen LogP contribution in [0.2, 0.25) is 0 Å². The highest BCUT2D eigenvalue weighted by molar-refractivity contribution is 7.14. The van der Waals surface area contributed by atoms with E-state index in [4.69, 9.17) is 4.74 Å². The predicted molar refractivity (Wildman–Crippen MR) is 113 cm³/mol. The van der Waals surface area contributed by atoms with Crippen LogP contribution in [0.15, 0.2) is 35.7 Å². The number of hydrogen-bond acceptors (Lipinski definition) is 6. The van der Waals surface area contributed by atoms with Gasteiger partial charge in [-0.15, -0.1) is 11.3 Å². The van der Waals surface area contributed by atoms with Crippen LogP contribution in [0.25, 0.3) is 11.8 Å². The molecule has 9 heteroatoms. The van der Waals surface area contributed by atoms with Crippen molar-refractivity contribution in [3.63, 3.8) is 0 Å². The van der Waals surface area contributed by atoms with Crippen LogP contribution in [0.1, 0.15) is 29.6 Å². The second kappa shape index (κ2) is 9.45. The van der Waals surface area contributed by atoms with Gasteiger partial charge >= 0.3 is 5.97 Å². The molecule has 1 aromatic carbocycles. The van der Waals surface area contributed by atoms with Crippen molar-refractivity contribution in [2.45, 2.75) is 27.2 Å². The number of aryl methyl sites for hydroxylation is 1. The van der Waals surface area contributed by atoms with Crippen LogP contribution in [-0.4, -0.2) is 33.2 Å². The van der Waals surface area contributed by atoms with Crippen LogP contribution < -0.4 is 5.32 Å². The van der Waals surface area contributed by atoms with E-state index in [1.165, 1.54) is 29.5 Å². The van der Waals surface area contributed by atoms with Gasteiger partial charge in [0.05, 0.1) is 30.1 Å². The maximum absolute atomic E-state index is 13.2. The molecule has 2 aromatic heterocycles. The Bertz CT molecular complexity index is 1090. The Balaban J connectivity index is 1.67. The standard InChI is InChI=1S/C21H21FN4O3S/c1-4-29-20(28)11-16-12-30-21(23-16)24-19(27)10-9-18-13(2)25-26(14(18)3)17-7-5-15(22)6-8-17/h5-10,12H,4,11H2,1-3H3,(H,23,24,27)/b10-9+. The third kappa shape index (κ3) is 5.18. The maximum atomic E-state index is 13.2. The number of anilines is 1. The van der Waals surface area contributed by atoms with Crippen molar-refractivity contribution in [1.29, 1.82) is 0 Å². The second-order valence-corrected chi connectivity index (χ2v) is 7.28. The Morgan fingerprint density at radius 1 is 1.27 bits per heavy atom. The zero-order chi connectivity index (χ0) is 21.7. The summed E-state index contributed by atoms with van der Waals surface area (Å²) < 4.78 is 19.8. The second-order valence-electron chi connectivity index (χ2n) is 6.42. The number of carbonyl (C=O) groups is 2. The molecule has 0 spiro atoms. The Morgan fingerprint density at radius 2 is 2.00 bits per heavy atom. The molecule has 1 amide bonds. The quantitative estimate of drug-likeness (QED) is 0.456. The molecule has 30 heavy (non-hydrogen) atoms. The fourth-order valence-corrected chi connectivity index (χ4v) is 3.55. The maximum Gasteiger partial charge on any atom is 0.311 e. The number of aromatic nitrogens is 3. The van der Waals surface area contributed by atoms with Gasteiger partial charge in [-0.2, -0.15) is 5.10 Å². The average molecular weight is 428 g/mol. The van der Waals surface area contributed by atoms with Gasteiger partial charge in [0.1, 0.15) is 5.82 Å². The molecule has 0 saturated heterocycles. The van der Waals surface area contributed by atoms with Crippen LogP contribution >= 0.6 is 11.3 Å². The minimum absolute atomic E-state index is 0.0665. The monoisotopic (exact) mass is 428 g/mol. The number of benzene rings is 1. The van der Waals surface area contributed by atoms with Crippen molar-refractivity contribution < 1.29 is 18.7 Å². The summed E-state index contributed by atoms with van der Waals surface area (Å²) in [6.07, 6.45) is 3.15. The molecule has 1 N–H and O–H groups in total. The number of esters is 1. The molecule has 3 aromatic rings. The first-order valence-corrected chi connectivity index (χ1v) is 10.2. The highest BCUT2D eigenvalue weighted by atomic mass is 32.1. The molecule has 0 radical (unpaired) electrons. The first-order valence-electron chi connectivity index (χ1n) is 9.28. The Kier molecular flexibility index (Phi) is 6.73. The van der Waals surface area contributed by atoms with Gasteiger partial charge in [-0.3, -0.25) is 14.9 Å². The van der Waals surface area contributed by atoms with Crippen molar-refractivity contribution in [2.75, 3.05) is 11.9 Å². The van der Waals surface area contributed by atoms with Gasteiger partial charge in [-0.1, -0.05) is 0 Å². The Morgan fingerprint density at radius 3 is 2.70 bits per heavy atom. The fourth-order valence-electron chi connectivity index (χ4n) is 2.84. The lowest BCUT2D eigenvalue weighted by Crippen LogP contribution is -2.09. The van der Waals surface area contributed by atoms with Crippen LogP contribution in [0.3, 0.4) is 0 Å². The molecule has 0 aliphatic heterocycles. The molecule has 7 nitrogen and oxygen atoms in total. The van der Waals surface area contributed by atoms with Crippen molar-refractivity contribution in [1.82, 2.24) is 14.8 Å². The third-order valence-corrected chi connectivity index (χ3v) is 5.04. The number of hydrogen-bond donors (Lipinski definition) is 1. The summed E-state index contributed by atoms with van der Waals surface area (Å²) in [6.45, 7) is 5.77. The van der Waals surface area contributed by atoms with E-state index >= 15 is 0 Å². The van der Waals surface area contributed by atoms with Crippen LogP contribution in [0, 0.1) is 19.7 Å². The number of halogens is 1.